The molecule has 2 aromatic rings. The minimum absolute atomic E-state index is 0.0318. The Morgan fingerprint density at radius 1 is 1.44 bits per heavy atom. The molecule has 6 nitrogen and oxygen atoms in total. The van der Waals surface area contributed by atoms with Crippen LogP contribution >= 0.6 is 0 Å². The van der Waals surface area contributed by atoms with Crippen LogP contribution in [0.15, 0.2) is 36.7 Å². The van der Waals surface area contributed by atoms with Gasteiger partial charge in [0.15, 0.2) is 0 Å². The Morgan fingerprint density at radius 2 is 2.24 bits per heavy atom. The van der Waals surface area contributed by atoms with E-state index in [1.54, 1.807) is 6.20 Å². The first-order valence-electron chi connectivity index (χ1n) is 8.87. The van der Waals surface area contributed by atoms with Gasteiger partial charge in [0.25, 0.3) is 0 Å². The number of aromatic amines is 1. The molecule has 2 heterocycles. The molecule has 2 N–H and O–H groups in total. The number of urea groups is 1. The van der Waals surface area contributed by atoms with Gasteiger partial charge < -0.3 is 19.9 Å². The number of hydrogen-bond acceptors (Lipinski definition) is 3. The normalized spacial score (nSPS) is 18.6. The third-order valence-electron chi connectivity index (χ3n) is 4.51. The molecule has 25 heavy (non-hydrogen) atoms. The number of likely N-dealkylation sites (tertiary alicyclic amines) is 1. The van der Waals surface area contributed by atoms with Crippen LogP contribution in [0, 0.1) is 6.92 Å². The highest BCUT2D eigenvalue weighted by atomic mass is 16.5. The fourth-order valence-electron chi connectivity index (χ4n) is 3.12. The number of piperidine rings is 1. The highest BCUT2D eigenvalue weighted by Crippen LogP contribution is 2.24. The molecule has 3 rings (SSSR count). The molecule has 0 bridgehead atoms. The number of amides is 2. The van der Waals surface area contributed by atoms with Gasteiger partial charge in [-0.05, 0) is 38.8 Å². The monoisotopic (exact) mass is 342 g/mol. The van der Waals surface area contributed by atoms with Gasteiger partial charge in [0, 0.05) is 31.4 Å². The number of carbonyl (C=O) groups excluding carboxylic acids is 1. The first-order chi connectivity index (χ1) is 12.1. The Labute approximate surface area is 148 Å². The van der Waals surface area contributed by atoms with E-state index in [1.165, 1.54) is 5.56 Å². The molecule has 134 valence electrons. The van der Waals surface area contributed by atoms with Crippen LogP contribution in [0.5, 0.6) is 5.75 Å². The summed E-state index contributed by atoms with van der Waals surface area (Å²) >= 11 is 0. The lowest BCUT2D eigenvalue weighted by atomic mass is 9.98. The molecule has 2 amide bonds. The van der Waals surface area contributed by atoms with Crippen LogP contribution in [0.4, 0.5) is 4.79 Å². The zero-order valence-electron chi connectivity index (χ0n) is 14.9. The summed E-state index contributed by atoms with van der Waals surface area (Å²) in [6.45, 7) is 5.97. The molecule has 1 saturated heterocycles. The summed E-state index contributed by atoms with van der Waals surface area (Å²) in [7, 11) is 0. The Morgan fingerprint density at radius 3 is 2.96 bits per heavy atom. The van der Waals surface area contributed by atoms with Crippen molar-refractivity contribution in [3.05, 3.63) is 48.0 Å². The first-order valence-corrected chi connectivity index (χ1v) is 8.87. The van der Waals surface area contributed by atoms with Gasteiger partial charge in [-0.3, -0.25) is 0 Å². The molecule has 1 aliphatic heterocycles. The molecule has 1 aromatic heterocycles. The van der Waals surface area contributed by atoms with Crippen molar-refractivity contribution in [2.24, 2.45) is 0 Å². The van der Waals surface area contributed by atoms with E-state index in [4.69, 9.17) is 4.74 Å². The lowest BCUT2D eigenvalue weighted by molar-refractivity contribution is 0.168. The van der Waals surface area contributed by atoms with Crippen molar-refractivity contribution in [3.63, 3.8) is 0 Å². The number of hydrogen-bond donors (Lipinski definition) is 2. The molecule has 2 atom stereocenters. The van der Waals surface area contributed by atoms with Crippen LogP contribution in [0.25, 0.3) is 0 Å². The number of carbonyl (C=O) groups is 1. The van der Waals surface area contributed by atoms with E-state index in [-0.39, 0.29) is 18.1 Å². The van der Waals surface area contributed by atoms with E-state index in [0.29, 0.717) is 13.1 Å². The summed E-state index contributed by atoms with van der Waals surface area (Å²) in [6.07, 6.45) is 5.56. The summed E-state index contributed by atoms with van der Waals surface area (Å²) in [5.41, 5.74) is 1.20. The summed E-state index contributed by atoms with van der Waals surface area (Å²) in [6, 6.07) is 7.90. The van der Waals surface area contributed by atoms with Crippen LogP contribution in [-0.2, 0) is 0 Å². The van der Waals surface area contributed by atoms with Gasteiger partial charge >= 0.3 is 6.03 Å². The molecule has 0 unspecified atom stereocenters. The highest BCUT2D eigenvalue weighted by molar-refractivity contribution is 5.74. The minimum atomic E-state index is -0.0858. The van der Waals surface area contributed by atoms with Gasteiger partial charge in [0.2, 0.25) is 0 Å². The van der Waals surface area contributed by atoms with Crippen molar-refractivity contribution in [1.29, 1.82) is 0 Å². The average molecular weight is 342 g/mol. The van der Waals surface area contributed by atoms with Gasteiger partial charge in [0.05, 0.1) is 6.54 Å². The maximum absolute atomic E-state index is 12.4. The quantitative estimate of drug-likeness (QED) is 0.877. The molecular formula is C19H26N4O2. The van der Waals surface area contributed by atoms with Crippen molar-refractivity contribution in [2.75, 3.05) is 19.6 Å². The summed E-state index contributed by atoms with van der Waals surface area (Å²) in [5.74, 6) is 2.08. The number of H-pyrrole nitrogens is 1. The molecule has 1 aliphatic rings. The molecule has 0 saturated carbocycles. The van der Waals surface area contributed by atoms with E-state index < -0.39 is 0 Å². The summed E-state index contributed by atoms with van der Waals surface area (Å²) in [4.78, 5) is 21.8. The van der Waals surface area contributed by atoms with Gasteiger partial charge in [-0.2, -0.15) is 0 Å². The van der Waals surface area contributed by atoms with E-state index in [0.717, 1.165) is 31.0 Å². The third-order valence-corrected chi connectivity index (χ3v) is 4.51. The number of aromatic nitrogens is 2. The molecular weight excluding hydrogens is 316 g/mol. The van der Waals surface area contributed by atoms with E-state index in [2.05, 4.69) is 15.3 Å². The molecule has 0 radical (unpaired) electrons. The minimum Gasteiger partial charge on any atom is -0.489 e. The van der Waals surface area contributed by atoms with Crippen molar-refractivity contribution >= 4 is 6.03 Å². The standard InChI is InChI=1S/C19H26N4O2/c1-14-5-7-17(8-6-14)25-15(2)12-22-19(24)23-11-3-4-16(13-23)18-20-9-10-21-18/h5-10,15-16H,3-4,11-13H2,1-2H3,(H,20,21)(H,22,24)/t15-,16-/m1/s1. The zero-order chi connectivity index (χ0) is 17.6. The van der Waals surface area contributed by atoms with Crippen LogP contribution in [0.3, 0.4) is 0 Å². The Kier molecular flexibility index (Phi) is 5.58. The van der Waals surface area contributed by atoms with Gasteiger partial charge in [-0.1, -0.05) is 17.7 Å². The van der Waals surface area contributed by atoms with Crippen molar-refractivity contribution in [3.8, 4) is 5.75 Å². The first kappa shape index (κ1) is 17.3. The molecule has 6 heteroatoms. The molecule has 0 aliphatic carbocycles. The second-order valence-electron chi connectivity index (χ2n) is 6.69. The lowest BCUT2D eigenvalue weighted by Gasteiger charge is -2.32. The van der Waals surface area contributed by atoms with Crippen LogP contribution < -0.4 is 10.1 Å². The molecule has 1 aromatic carbocycles. The fraction of sp³-hybridized carbons (Fsp3) is 0.474. The largest absolute Gasteiger partial charge is 0.489 e. The van der Waals surface area contributed by atoms with E-state index >= 15 is 0 Å². The fourth-order valence-corrected chi connectivity index (χ4v) is 3.12. The Hall–Kier alpha value is -2.50. The lowest BCUT2D eigenvalue weighted by Crippen LogP contribution is -2.47. The third kappa shape index (κ3) is 4.75. The van der Waals surface area contributed by atoms with Crippen LogP contribution in [0.2, 0.25) is 0 Å². The smallest absolute Gasteiger partial charge is 0.317 e. The SMILES string of the molecule is Cc1ccc(O[C@H](C)CNC(=O)N2CCC[C@@H](c3ncc[nH]3)C2)cc1. The number of nitrogens with zero attached hydrogens (tertiary/aromatic N) is 2. The predicted octanol–water partition coefficient (Wildman–Crippen LogP) is 3.07. The molecule has 1 fully saturated rings. The van der Waals surface area contributed by atoms with Gasteiger partial charge in [-0.15, -0.1) is 0 Å². The van der Waals surface area contributed by atoms with E-state index in [1.807, 2.05) is 49.2 Å². The number of benzene rings is 1. The highest BCUT2D eigenvalue weighted by Gasteiger charge is 2.26. The Balaban J connectivity index is 1.46. The van der Waals surface area contributed by atoms with Crippen molar-refractivity contribution in [2.45, 2.75) is 38.7 Å². The Bertz CT molecular complexity index is 669. The number of aryl methyl sites for hydroxylation is 1. The van der Waals surface area contributed by atoms with Crippen LogP contribution in [0.1, 0.15) is 37.1 Å². The number of imidazole rings is 1. The van der Waals surface area contributed by atoms with Crippen molar-refractivity contribution < 1.29 is 9.53 Å². The van der Waals surface area contributed by atoms with Gasteiger partial charge in [0.1, 0.15) is 17.7 Å². The second-order valence-corrected chi connectivity index (χ2v) is 6.69. The summed E-state index contributed by atoms with van der Waals surface area (Å²) in [5, 5.41) is 2.98. The number of rotatable bonds is 5. The van der Waals surface area contributed by atoms with Crippen LogP contribution in [-0.4, -0.2) is 46.6 Å². The number of ether oxygens (including phenoxy) is 1. The predicted molar refractivity (Wildman–Crippen MR) is 96.8 cm³/mol. The zero-order valence-corrected chi connectivity index (χ0v) is 14.9. The maximum Gasteiger partial charge on any atom is 0.317 e. The van der Waals surface area contributed by atoms with Crippen molar-refractivity contribution in [1.82, 2.24) is 20.2 Å². The molecule has 0 spiro atoms. The number of nitrogens with one attached hydrogen (secondary N) is 2. The van der Waals surface area contributed by atoms with Gasteiger partial charge in [-0.25, -0.2) is 9.78 Å². The topological polar surface area (TPSA) is 70.2 Å². The second kappa shape index (κ2) is 8.05. The maximum atomic E-state index is 12.4. The average Bonchev–Trinajstić information content (AvgIpc) is 3.16. The van der Waals surface area contributed by atoms with E-state index in [9.17, 15) is 4.79 Å². The summed E-state index contributed by atoms with van der Waals surface area (Å²) < 4.78 is 5.84.